The molecule has 0 bridgehead atoms. The first-order valence-corrected chi connectivity index (χ1v) is 7.36. The maximum atomic E-state index is 12.2. The van der Waals surface area contributed by atoms with Crippen molar-refractivity contribution in [3.8, 4) is 0 Å². The third-order valence-electron chi connectivity index (χ3n) is 4.18. The summed E-state index contributed by atoms with van der Waals surface area (Å²) in [5.41, 5.74) is 10.5. The fraction of sp³-hybridized carbons (Fsp3) is 0.278. The molecule has 1 aliphatic heterocycles. The molecule has 0 spiro atoms. The van der Waals surface area contributed by atoms with E-state index in [4.69, 9.17) is 5.73 Å². The summed E-state index contributed by atoms with van der Waals surface area (Å²) in [6, 6.07) is 15.9. The van der Waals surface area contributed by atoms with Gasteiger partial charge < -0.3 is 10.6 Å². The number of nitrogens with two attached hydrogens (primary N) is 1. The van der Waals surface area contributed by atoms with Crippen LogP contribution in [0.3, 0.4) is 0 Å². The topological polar surface area (TPSA) is 46.3 Å². The van der Waals surface area contributed by atoms with Gasteiger partial charge >= 0.3 is 0 Å². The van der Waals surface area contributed by atoms with E-state index in [-0.39, 0.29) is 11.9 Å². The molecule has 3 heteroatoms. The molecule has 1 saturated heterocycles. The van der Waals surface area contributed by atoms with Crippen LogP contribution < -0.4 is 10.6 Å². The van der Waals surface area contributed by atoms with Crippen LogP contribution in [0.15, 0.2) is 48.5 Å². The average Bonchev–Trinajstić information content (AvgIpc) is 2.53. The molecule has 0 aromatic heterocycles. The second-order valence-corrected chi connectivity index (χ2v) is 5.61. The van der Waals surface area contributed by atoms with Crippen LogP contribution in [0.4, 0.5) is 5.69 Å². The van der Waals surface area contributed by atoms with Crippen molar-refractivity contribution in [3.05, 3.63) is 65.2 Å². The lowest BCUT2D eigenvalue weighted by Crippen LogP contribution is -2.63. The van der Waals surface area contributed by atoms with Gasteiger partial charge in [0.2, 0.25) is 5.91 Å². The summed E-state index contributed by atoms with van der Waals surface area (Å²) in [5.74, 6) is -0.0107. The lowest BCUT2D eigenvalue weighted by molar-refractivity contribution is -0.126. The lowest BCUT2D eigenvalue weighted by Gasteiger charge is -2.45. The van der Waals surface area contributed by atoms with Gasteiger partial charge in [0.1, 0.15) is 6.04 Å². The Labute approximate surface area is 125 Å². The number of hydrogen-bond donors (Lipinski definition) is 1. The number of β-lactam (4-membered cyclic amide) rings is 1. The molecule has 21 heavy (non-hydrogen) atoms. The van der Waals surface area contributed by atoms with Crippen molar-refractivity contribution in [1.82, 2.24) is 0 Å². The maximum absolute atomic E-state index is 12.2. The summed E-state index contributed by atoms with van der Waals surface area (Å²) in [5, 5.41) is 0. The molecule has 0 radical (unpaired) electrons. The zero-order valence-electron chi connectivity index (χ0n) is 12.4. The van der Waals surface area contributed by atoms with Crippen molar-refractivity contribution in [2.75, 3.05) is 4.90 Å². The fourth-order valence-corrected chi connectivity index (χ4v) is 2.81. The Morgan fingerprint density at radius 3 is 2.24 bits per heavy atom. The molecule has 0 aliphatic carbocycles. The SMILES string of the molecule is CCc1ccc([C@@H]2[C@@H](N)C(=O)N2c2ccc(C)cc2)cc1. The van der Waals surface area contributed by atoms with E-state index in [0.717, 1.165) is 17.7 Å². The largest absolute Gasteiger partial charge is 0.318 e. The molecule has 2 N–H and O–H groups in total. The predicted molar refractivity (Wildman–Crippen MR) is 85.2 cm³/mol. The highest BCUT2D eigenvalue weighted by Crippen LogP contribution is 2.38. The van der Waals surface area contributed by atoms with Gasteiger partial charge in [0.15, 0.2) is 0 Å². The Morgan fingerprint density at radius 1 is 1.05 bits per heavy atom. The van der Waals surface area contributed by atoms with Crippen molar-refractivity contribution >= 4 is 11.6 Å². The summed E-state index contributed by atoms with van der Waals surface area (Å²) in [6.07, 6.45) is 1.01. The standard InChI is InChI=1S/C18H20N2O/c1-3-13-6-8-14(9-7-13)17-16(19)18(21)20(17)15-10-4-12(2)5-11-15/h4-11,16-17H,3,19H2,1-2H3/t16-,17-/m1/s1. The van der Waals surface area contributed by atoms with Gasteiger partial charge in [-0.1, -0.05) is 48.9 Å². The highest BCUT2D eigenvalue weighted by atomic mass is 16.2. The minimum atomic E-state index is -0.446. The number of amides is 1. The smallest absolute Gasteiger partial charge is 0.247 e. The van der Waals surface area contributed by atoms with Gasteiger partial charge in [-0.3, -0.25) is 4.79 Å². The van der Waals surface area contributed by atoms with Gasteiger partial charge in [0, 0.05) is 5.69 Å². The number of rotatable bonds is 3. The summed E-state index contributed by atoms with van der Waals surface area (Å²) in [6.45, 7) is 4.17. The molecule has 2 aromatic rings. The third-order valence-corrected chi connectivity index (χ3v) is 4.18. The number of anilines is 1. The van der Waals surface area contributed by atoms with Crippen molar-refractivity contribution in [2.45, 2.75) is 32.4 Å². The first-order chi connectivity index (χ1) is 10.1. The number of hydrogen-bond acceptors (Lipinski definition) is 2. The molecule has 1 heterocycles. The van der Waals surface area contributed by atoms with E-state index in [0.29, 0.717) is 0 Å². The van der Waals surface area contributed by atoms with Crippen LogP contribution >= 0.6 is 0 Å². The summed E-state index contributed by atoms with van der Waals surface area (Å²) in [4.78, 5) is 14.0. The summed E-state index contributed by atoms with van der Waals surface area (Å²) < 4.78 is 0. The molecule has 2 aromatic carbocycles. The van der Waals surface area contributed by atoms with Crippen LogP contribution in [0.2, 0.25) is 0 Å². The Balaban J connectivity index is 1.92. The molecular weight excluding hydrogens is 260 g/mol. The first-order valence-electron chi connectivity index (χ1n) is 7.36. The van der Waals surface area contributed by atoms with Crippen LogP contribution in [-0.2, 0) is 11.2 Å². The fourth-order valence-electron chi connectivity index (χ4n) is 2.81. The second-order valence-electron chi connectivity index (χ2n) is 5.61. The van der Waals surface area contributed by atoms with Crippen LogP contribution in [0, 0.1) is 6.92 Å². The predicted octanol–water partition coefficient (Wildman–Crippen LogP) is 2.97. The highest BCUT2D eigenvalue weighted by molar-refractivity contribution is 6.05. The zero-order valence-corrected chi connectivity index (χ0v) is 12.4. The van der Waals surface area contributed by atoms with Gasteiger partial charge in [-0.2, -0.15) is 0 Å². The molecule has 1 fully saturated rings. The first kappa shape index (κ1) is 13.8. The van der Waals surface area contributed by atoms with Crippen LogP contribution in [0.25, 0.3) is 0 Å². The molecule has 3 rings (SSSR count). The molecule has 0 saturated carbocycles. The van der Waals surface area contributed by atoms with Gasteiger partial charge in [0.05, 0.1) is 6.04 Å². The van der Waals surface area contributed by atoms with E-state index in [1.165, 1.54) is 11.1 Å². The van der Waals surface area contributed by atoms with Crippen molar-refractivity contribution < 1.29 is 4.79 Å². The minimum absolute atomic E-state index is 0.0107. The molecular formula is C18H20N2O. The van der Waals surface area contributed by atoms with Crippen molar-refractivity contribution in [3.63, 3.8) is 0 Å². The molecule has 1 amide bonds. The van der Waals surface area contributed by atoms with Crippen molar-refractivity contribution in [2.24, 2.45) is 5.73 Å². The Morgan fingerprint density at radius 2 is 1.67 bits per heavy atom. The third kappa shape index (κ3) is 2.34. The number of carbonyl (C=O) groups excluding carboxylic acids is 1. The quantitative estimate of drug-likeness (QED) is 0.879. The molecule has 1 aliphatic rings. The Hall–Kier alpha value is -2.13. The Bertz CT molecular complexity index is 646. The van der Waals surface area contributed by atoms with Crippen LogP contribution in [-0.4, -0.2) is 11.9 Å². The number of nitrogens with zero attached hydrogens (tertiary/aromatic N) is 1. The van der Waals surface area contributed by atoms with E-state index in [2.05, 4.69) is 31.2 Å². The van der Waals surface area contributed by atoms with Crippen LogP contribution in [0.5, 0.6) is 0 Å². The average molecular weight is 280 g/mol. The molecule has 0 unspecified atom stereocenters. The molecule has 3 nitrogen and oxygen atoms in total. The van der Waals surface area contributed by atoms with Gasteiger partial charge in [0.25, 0.3) is 0 Å². The van der Waals surface area contributed by atoms with Crippen LogP contribution in [0.1, 0.15) is 29.7 Å². The monoisotopic (exact) mass is 280 g/mol. The number of benzene rings is 2. The maximum Gasteiger partial charge on any atom is 0.247 e. The normalized spacial score (nSPS) is 21.3. The van der Waals surface area contributed by atoms with Gasteiger partial charge in [-0.15, -0.1) is 0 Å². The summed E-state index contributed by atoms with van der Waals surface area (Å²) in [7, 11) is 0. The minimum Gasteiger partial charge on any atom is -0.318 e. The number of carbonyl (C=O) groups is 1. The van der Waals surface area contributed by atoms with Crippen molar-refractivity contribution in [1.29, 1.82) is 0 Å². The van der Waals surface area contributed by atoms with Gasteiger partial charge in [-0.25, -0.2) is 0 Å². The van der Waals surface area contributed by atoms with E-state index >= 15 is 0 Å². The summed E-state index contributed by atoms with van der Waals surface area (Å²) >= 11 is 0. The lowest BCUT2D eigenvalue weighted by atomic mass is 9.88. The van der Waals surface area contributed by atoms with E-state index in [1.54, 1.807) is 4.90 Å². The number of aryl methyl sites for hydroxylation is 2. The van der Waals surface area contributed by atoms with E-state index in [1.807, 2.05) is 31.2 Å². The van der Waals surface area contributed by atoms with Gasteiger partial charge in [-0.05, 0) is 36.6 Å². The second kappa shape index (κ2) is 5.34. The van der Waals surface area contributed by atoms with E-state index in [9.17, 15) is 4.79 Å². The Kier molecular flexibility index (Phi) is 3.52. The van der Waals surface area contributed by atoms with E-state index < -0.39 is 6.04 Å². The zero-order chi connectivity index (χ0) is 15.0. The molecule has 108 valence electrons. The molecule has 2 atom stereocenters. The highest BCUT2D eigenvalue weighted by Gasteiger charge is 2.46.